The van der Waals surface area contributed by atoms with Gasteiger partial charge in [-0.1, -0.05) is 49.5 Å². The predicted octanol–water partition coefficient (Wildman–Crippen LogP) is 6.40. The molecule has 4 heteroatoms. The van der Waals surface area contributed by atoms with Crippen LogP contribution in [0.25, 0.3) is 11.1 Å². The number of hydrogen-bond acceptors (Lipinski definition) is 1. The third-order valence-corrected chi connectivity index (χ3v) is 4.46. The summed E-state index contributed by atoms with van der Waals surface area (Å²) in [6.45, 7) is 4.24. The Kier molecular flexibility index (Phi) is 5.71. The minimum Gasteiger partial charge on any atom is -0.496 e. The Morgan fingerprint density at radius 1 is 1.18 bits per heavy atom. The Hall–Kier alpha value is -1.25. The minimum atomic E-state index is -0.315. The summed E-state index contributed by atoms with van der Waals surface area (Å²) in [6, 6.07) is 8.19. The fourth-order valence-electron chi connectivity index (χ4n) is 2.50. The first-order chi connectivity index (χ1) is 10.5. The van der Waals surface area contributed by atoms with Crippen molar-refractivity contribution in [1.29, 1.82) is 0 Å². The highest BCUT2D eigenvalue weighted by molar-refractivity contribution is 6.39. The van der Waals surface area contributed by atoms with E-state index in [9.17, 15) is 4.39 Å². The molecule has 0 saturated heterocycles. The minimum absolute atomic E-state index is 0.315. The molecule has 0 aliphatic heterocycles. The van der Waals surface area contributed by atoms with Crippen molar-refractivity contribution in [3.05, 3.63) is 51.8 Å². The van der Waals surface area contributed by atoms with Crippen LogP contribution in [0.15, 0.2) is 30.3 Å². The van der Waals surface area contributed by atoms with E-state index in [2.05, 4.69) is 13.8 Å². The molecule has 0 aliphatic rings. The molecule has 0 amide bonds. The predicted molar refractivity (Wildman–Crippen MR) is 91.6 cm³/mol. The summed E-state index contributed by atoms with van der Waals surface area (Å²) in [4.78, 5) is 0. The summed E-state index contributed by atoms with van der Waals surface area (Å²) in [7, 11) is 1.58. The van der Waals surface area contributed by atoms with Crippen LogP contribution in [0.4, 0.5) is 4.39 Å². The molecule has 2 aromatic carbocycles. The second-order valence-corrected chi connectivity index (χ2v) is 6.27. The first-order valence-electron chi connectivity index (χ1n) is 7.28. The number of ether oxygens (including phenoxy) is 1. The van der Waals surface area contributed by atoms with Gasteiger partial charge in [0.1, 0.15) is 11.6 Å². The topological polar surface area (TPSA) is 9.23 Å². The van der Waals surface area contributed by atoms with Gasteiger partial charge in [-0.15, -0.1) is 0 Å². The molecule has 0 spiro atoms. The van der Waals surface area contributed by atoms with Gasteiger partial charge >= 0.3 is 0 Å². The number of hydrogen-bond donors (Lipinski definition) is 0. The van der Waals surface area contributed by atoms with Crippen LogP contribution in [-0.2, 0) is 6.42 Å². The molecule has 1 nitrogen and oxygen atoms in total. The van der Waals surface area contributed by atoms with E-state index in [1.54, 1.807) is 25.3 Å². The van der Waals surface area contributed by atoms with Gasteiger partial charge in [-0.3, -0.25) is 0 Å². The summed E-state index contributed by atoms with van der Waals surface area (Å²) >= 11 is 12.5. The average Bonchev–Trinajstić information content (AvgIpc) is 2.46. The van der Waals surface area contributed by atoms with Gasteiger partial charge in [-0.05, 0) is 42.2 Å². The molecular formula is C18H19Cl2FO. The fraction of sp³-hybridized carbons (Fsp3) is 0.333. The average molecular weight is 341 g/mol. The highest BCUT2D eigenvalue weighted by Crippen LogP contribution is 2.42. The van der Waals surface area contributed by atoms with Crippen molar-refractivity contribution in [2.24, 2.45) is 5.92 Å². The van der Waals surface area contributed by atoms with Crippen molar-refractivity contribution in [1.82, 2.24) is 0 Å². The van der Waals surface area contributed by atoms with Gasteiger partial charge in [-0.25, -0.2) is 4.39 Å². The Morgan fingerprint density at radius 2 is 1.82 bits per heavy atom. The molecule has 0 aliphatic carbocycles. The number of halogens is 3. The van der Waals surface area contributed by atoms with E-state index in [0.29, 0.717) is 32.8 Å². The van der Waals surface area contributed by atoms with Crippen molar-refractivity contribution in [2.45, 2.75) is 26.7 Å². The summed E-state index contributed by atoms with van der Waals surface area (Å²) in [5, 5.41) is 0.955. The molecule has 2 rings (SSSR count). The van der Waals surface area contributed by atoms with Crippen molar-refractivity contribution in [3.8, 4) is 16.9 Å². The maximum atomic E-state index is 14.1. The molecule has 1 atom stereocenters. The second kappa shape index (κ2) is 7.34. The van der Waals surface area contributed by atoms with Crippen LogP contribution in [0.2, 0.25) is 10.0 Å². The zero-order valence-corrected chi connectivity index (χ0v) is 14.4. The Labute approximate surface area is 141 Å². The summed E-state index contributed by atoms with van der Waals surface area (Å²) in [6.07, 6.45) is 1.76. The molecule has 0 saturated carbocycles. The highest BCUT2D eigenvalue weighted by Gasteiger charge is 2.19. The molecule has 0 heterocycles. The van der Waals surface area contributed by atoms with E-state index in [4.69, 9.17) is 27.9 Å². The molecule has 0 bridgehead atoms. The maximum Gasteiger partial charge on any atom is 0.130 e. The molecule has 0 unspecified atom stereocenters. The Balaban J connectivity index is 2.65. The zero-order chi connectivity index (χ0) is 16.3. The van der Waals surface area contributed by atoms with Crippen LogP contribution in [0.1, 0.15) is 25.8 Å². The second-order valence-electron chi connectivity index (χ2n) is 5.46. The summed E-state index contributed by atoms with van der Waals surface area (Å²) in [5.74, 6) is 0.757. The van der Waals surface area contributed by atoms with Crippen molar-refractivity contribution >= 4 is 23.2 Å². The molecular weight excluding hydrogens is 322 g/mol. The Bertz CT molecular complexity index is 650. The van der Waals surface area contributed by atoms with Gasteiger partial charge in [0, 0.05) is 11.1 Å². The van der Waals surface area contributed by atoms with E-state index in [-0.39, 0.29) is 5.82 Å². The van der Waals surface area contributed by atoms with E-state index in [0.717, 1.165) is 18.4 Å². The van der Waals surface area contributed by atoms with Crippen LogP contribution in [0, 0.1) is 11.7 Å². The van der Waals surface area contributed by atoms with Gasteiger partial charge in [0.05, 0.1) is 17.2 Å². The molecule has 118 valence electrons. The molecule has 2 aromatic rings. The van der Waals surface area contributed by atoms with Crippen LogP contribution in [-0.4, -0.2) is 7.11 Å². The lowest BCUT2D eigenvalue weighted by molar-refractivity contribution is 0.405. The van der Waals surface area contributed by atoms with Crippen molar-refractivity contribution in [3.63, 3.8) is 0 Å². The Morgan fingerprint density at radius 3 is 2.36 bits per heavy atom. The summed E-state index contributed by atoms with van der Waals surface area (Å²) in [5.41, 5.74) is 2.03. The van der Waals surface area contributed by atoms with Gasteiger partial charge in [0.2, 0.25) is 0 Å². The smallest absolute Gasteiger partial charge is 0.130 e. The van der Waals surface area contributed by atoms with E-state index < -0.39 is 0 Å². The largest absolute Gasteiger partial charge is 0.496 e. The maximum absolute atomic E-state index is 14.1. The number of rotatable bonds is 5. The molecule has 0 fully saturated rings. The third-order valence-electron chi connectivity index (χ3n) is 3.83. The first kappa shape index (κ1) is 17.1. The van der Waals surface area contributed by atoms with Gasteiger partial charge in [0.15, 0.2) is 0 Å². The fourth-order valence-corrected chi connectivity index (χ4v) is 3.10. The van der Waals surface area contributed by atoms with Crippen LogP contribution >= 0.6 is 23.2 Å². The van der Waals surface area contributed by atoms with Crippen molar-refractivity contribution < 1.29 is 9.13 Å². The quantitative estimate of drug-likeness (QED) is 0.612. The van der Waals surface area contributed by atoms with Gasteiger partial charge in [-0.2, -0.15) is 0 Å². The van der Waals surface area contributed by atoms with Gasteiger partial charge < -0.3 is 4.74 Å². The van der Waals surface area contributed by atoms with Crippen molar-refractivity contribution in [2.75, 3.05) is 7.11 Å². The summed E-state index contributed by atoms with van der Waals surface area (Å²) < 4.78 is 19.7. The number of benzene rings is 2. The monoisotopic (exact) mass is 340 g/mol. The third kappa shape index (κ3) is 3.56. The highest BCUT2D eigenvalue weighted by atomic mass is 35.5. The lowest BCUT2D eigenvalue weighted by atomic mass is 9.94. The van der Waals surface area contributed by atoms with Crippen LogP contribution < -0.4 is 4.74 Å². The van der Waals surface area contributed by atoms with E-state index >= 15 is 0 Å². The lowest BCUT2D eigenvalue weighted by Crippen LogP contribution is -2.03. The standard InChI is InChI=1S/C18H19Cl2FO/c1-4-11(2)8-12-9-13(21)10-14(18(12)22-3)17-15(19)6-5-7-16(17)20/h5-7,9-11H,4,8H2,1-3H3/t11-/m1/s1. The lowest BCUT2D eigenvalue weighted by Gasteiger charge is -2.18. The first-order valence-corrected chi connectivity index (χ1v) is 8.04. The molecule has 0 aromatic heterocycles. The van der Waals surface area contributed by atoms with Crippen LogP contribution in [0.5, 0.6) is 5.75 Å². The van der Waals surface area contributed by atoms with Gasteiger partial charge in [0.25, 0.3) is 0 Å². The van der Waals surface area contributed by atoms with E-state index in [1.165, 1.54) is 12.1 Å². The zero-order valence-electron chi connectivity index (χ0n) is 12.9. The normalized spacial score (nSPS) is 12.3. The number of methoxy groups -OCH3 is 1. The SMILES string of the molecule is CC[C@@H](C)Cc1cc(F)cc(-c2c(Cl)cccc2Cl)c1OC. The molecule has 22 heavy (non-hydrogen) atoms. The molecule has 0 radical (unpaired) electrons. The van der Waals surface area contributed by atoms with E-state index in [1.807, 2.05) is 0 Å². The van der Waals surface area contributed by atoms with Crippen LogP contribution in [0.3, 0.4) is 0 Å². The molecule has 0 N–H and O–H groups in total.